The summed E-state index contributed by atoms with van der Waals surface area (Å²) in [5.41, 5.74) is 4.97. The maximum absolute atomic E-state index is 13.6. The summed E-state index contributed by atoms with van der Waals surface area (Å²) >= 11 is 0. The van der Waals surface area contributed by atoms with Gasteiger partial charge in [-0.25, -0.2) is 4.98 Å². The Labute approximate surface area is 225 Å². The Morgan fingerprint density at radius 1 is 1.00 bits per heavy atom. The van der Waals surface area contributed by atoms with E-state index in [2.05, 4.69) is 74.0 Å². The van der Waals surface area contributed by atoms with Crippen molar-refractivity contribution < 1.29 is 14.6 Å². The second-order valence-corrected chi connectivity index (χ2v) is 10.6. The average molecular weight is 507 g/mol. The minimum atomic E-state index is -0.189. The molecule has 0 atom stereocenters. The molecule has 0 bridgehead atoms. The molecule has 0 aliphatic rings. The molecule has 0 aliphatic carbocycles. The monoisotopic (exact) mass is 506 g/mol. The number of carbonyl (C=O) groups excluding carboxylic acids is 1. The molecule has 0 unspecified atom stereocenters. The molecule has 1 N–H and O–H groups in total. The van der Waals surface area contributed by atoms with Crippen LogP contribution in [0.15, 0.2) is 72.9 Å². The first-order chi connectivity index (χ1) is 18.2. The Bertz CT molecular complexity index is 1510. The Kier molecular flexibility index (Phi) is 8.14. The van der Waals surface area contributed by atoms with Gasteiger partial charge in [-0.1, -0.05) is 62.9 Å². The van der Waals surface area contributed by atoms with Crippen molar-refractivity contribution in [1.29, 1.82) is 0 Å². The fourth-order valence-electron chi connectivity index (χ4n) is 4.47. The number of aromatic nitrogens is 1. The second kappa shape index (κ2) is 11.5. The van der Waals surface area contributed by atoms with Gasteiger partial charge in [0.1, 0.15) is 18.2 Å². The number of hydrogen-bond donors (Lipinski definition) is 1. The zero-order valence-corrected chi connectivity index (χ0v) is 22.7. The van der Waals surface area contributed by atoms with E-state index in [4.69, 9.17) is 9.84 Å². The lowest BCUT2D eigenvalue weighted by atomic mass is 9.91. The molecule has 1 amide bonds. The van der Waals surface area contributed by atoms with E-state index in [0.717, 1.165) is 44.3 Å². The number of fused-ring (bicyclic) bond motifs is 1. The van der Waals surface area contributed by atoms with Crippen LogP contribution in [0.4, 0.5) is 5.82 Å². The third-order valence-electron chi connectivity index (χ3n) is 6.32. The van der Waals surface area contributed by atoms with Crippen LogP contribution in [0.2, 0.25) is 0 Å². The summed E-state index contributed by atoms with van der Waals surface area (Å²) in [5.74, 6) is 7.16. The van der Waals surface area contributed by atoms with Gasteiger partial charge in [-0.05, 0) is 76.4 Å². The van der Waals surface area contributed by atoms with Gasteiger partial charge in [-0.15, -0.1) is 0 Å². The number of amides is 1. The van der Waals surface area contributed by atoms with Crippen LogP contribution in [0.25, 0.3) is 21.9 Å². The average Bonchev–Trinajstić information content (AvgIpc) is 2.89. The molecule has 1 aromatic heterocycles. The van der Waals surface area contributed by atoms with Crippen molar-refractivity contribution in [2.45, 2.75) is 40.7 Å². The van der Waals surface area contributed by atoms with E-state index in [9.17, 15) is 4.79 Å². The van der Waals surface area contributed by atoms with Gasteiger partial charge in [-0.3, -0.25) is 9.69 Å². The molecular formula is C33H34N2O3. The Morgan fingerprint density at radius 2 is 1.74 bits per heavy atom. The SMILES string of the molecule is COc1ccc(-c2ccc(CN(C(=O)CC(C)(C)C)c3nccc4cc(C#CCO)ccc34)cc2)cc1C. The van der Waals surface area contributed by atoms with Crippen LogP contribution in [0.3, 0.4) is 0 Å². The summed E-state index contributed by atoms with van der Waals surface area (Å²) in [6.45, 7) is 8.46. The van der Waals surface area contributed by atoms with Crippen molar-refractivity contribution in [1.82, 2.24) is 4.98 Å². The number of rotatable bonds is 6. The quantitative estimate of drug-likeness (QED) is 0.302. The molecule has 0 fully saturated rings. The number of pyridine rings is 1. The first-order valence-electron chi connectivity index (χ1n) is 12.7. The lowest BCUT2D eigenvalue weighted by Gasteiger charge is -2.27. The van der Waals surface area contributed by atoms with Crippen LogP contribution < -0.4 is 9.64 Å². The molecule has 0 saturated heterocycles. The van der Waals surface area contributed by atoms with Crippen molar-refractivity contribution in [3.63, 3.8) is 0 Å². The number of hydrogen-bond acceptors (Lipinski definition) is 4. The van der Waals surface area contributed by atoms with E-state index in [1.807, 2.05) is 37.3 Å². The number of nitrogens with zero attached hydrogens (tertiary/aromatic N) is 2. The standard InChI is InChI=1S/C33H34N2O3/c1-23-19-27(13-15-30(23)38-5)26-11-8-25(9-12-26)22-35(31(37)21-33(2,3)4)32-29-14-10-24(7-6-18-36)20-28(29)16-17-34-32/h8-17,19-20,36H,18,21-22H2,1-5H3. The summed E-state index contributed by atoms with van der Waals surface area (Å²) in [5, 5.41) is 10.9. The molecule has 0 saturated carbocycles. The third kappa shape index (κ3) is 6.40. The lowest BCUT2D eigenvalue weighted by Crippen LogP contribution is -2.34. The molecule has 1 heterocycles. The molecule has 5 heteroatoms. The van der Waals surface area contributed by atoms with E-state index in [-0.39, 0.29) is 17.9 Å². The molecular weight excluding hydrogens is 472 g/mol. The van der Waals surface area contributed by atoms with Gasteiger partial charge in [0.15, 0.2) is 0 Å². The molecule has 5 nitrogen and oxygen atoms in total. The summed E-state index contributed by atoms with van der Waals surface area (Å²) in [4.78, 5) is 20.1. The predicted molar refractivity (Wildman–Crippen MR) is 154 cm³/mol. The van der Waals surface area contributed by atoms with E-state index >= 15 is 0 Å². The van der Waals surface area contributed by atoms with Gasteiger partial charge >= 0.3 is 0 Å². The second-order valence-electron chi connectivity index (χ2n) is 10.6. The summed E-state index contributed by atoms with van der Waals surface area (Å²) in [7, 11) is 1.68. The molecule has 4 aromatic rings. The highest BCUT2D eigenvalue weighted by Crippen LogP contribution is 2.31. The Morgan fingerprint density at radius 3 is 2.39 bits per heavy atom. The highest BCUT2D eigenvalue weighted by Gasteiger charge is 2.25. The third-order valence-corrected chi connectivity index (χ3v) is 6.32. The number of carbonyl (C=O) groups is 1. The first-order valence-corrected chi connectivity index (χ1v) is 12.7. The normalized spacial score (nSPS) is 11.1. The van der Waals surface area contributed by atoms with E-state index in [0.29, 0.717) is 18.8 Å². The molecule has 4 rings (SSSR count). The zero-order chi connectivity index (χ0) is 27.3. The van der Waals surface area contributed by atoms with Crippen LogP contribution in [-0.2, 0) is 11.3 Å². The summed E-state index contributed by atoms with van der Waals surface area (Å²) in [6, 6.07) is 22.2. The maximum atomic E-state index is 13.6. The molecule has 38 heavy (non-hydrogen) atoms. The molecule has 0 aliphatic heterocycles. The largest absolute Gasteiger partial charge is 0.496 e. The van der Waals surface area contributed by atoms with E-state index in [1.54, 1.807) is 18.2 Å². The highest BCUT2D eigenvalue weighted by molar-refractivity contribution is 6.02. The van der Waals surface area contributed by atoms with Gasteiger partial charge in [0.25, 0.3) is 0 Å². The van der Waals surface area contributed by atoms with Crippen molar-refractivity contribution in [2.24, 2.45) is 5.41 Å². The van der Waals surface area contributed by atoms with Crippen molar-refractivity contribution in [2.75, 3.05) is 18.6 Å². The summed E-state index contributed by atoms with van der Waals surface area (Å²) in [6.07, 6.45) is 2.13. The van der Waals surface area contributed by atoms with Crippen LogP contribution in [0, 0.1) is 24.2 Å². The fraction of sp³-hybridized carbons (Fsp3) is 0.273. The number of anilines is 1. The van der Waals surface area contributed by atoms with Crippen molar-refractivity contribution >= 4 is 22.5 Å². The van der Waals surface area contributed by atoms with Gasteiger partial charge in [0.05, 0.1) is 13.7 Å². The van der Waals surface area contributed by atoms with Crippen LogP contribution in [0.1, 0.15) is 43.9 Å². The molecule has 3 aromatic carbocycles. The number of benzene rings is 3. The smallest absolute Gasteiger partial charge is 0.229 e. The minimum Gasteiger partial charge on any atom is -0.496 e. The number of ether oxygens (including phenoxy) is 1. The highest BCUT2D eigenvalue weighted by atomic mass is 16.5. The van der Waals surface area contributed by atoms with Gasteiger partial charge in [0, 0.05) is 23.6 Å². The van der Waals surface area contributed by atoms with Gasteiger partial charge < -0.3 is 9.84 Å². The Hall–Kier alpha value is -4.14. The predicted octanol–water partition coefficient (Wildman–Crippen LogP) is 6.53. The minimum absolute atomic E-state index is 0.0245. The molecule has 194 valence electrons. The first kappa shape index (κ1) is 26.9. The van der Waals surface area contributed by atoms with E-state index in [1.165, 1.54) is 0 Å². The van der Waals surface area contributed by atoms with Gasteiger partial charge in [0.2, 0.25) is 5.91 Å². The van der Waals surface area contributed by atoms with Crippen molar-refractivity contribution in [3.8, 4) is 28.7 Å². The topological polar surface area (TPSA) is 62.7 Å². The summed E-state index contributed by atoms with van der Waals surface area (Å²) < 4.78 is 5.39. The van der Waals surface area contributed by atoms with Gasteiger partial charge in [-0.2, -0.15) is 0 Å². The van der Waals surface area contributed by atoms with Crippen LogP contribution in [0.5, 0.6) is 5.75 Å². The van der Waals surface area contributed by atoms with E-state index < -0.39 is 0 Å². The maximum Gasteiger partial charge on any atom is 0.229 e. The number of aliphatic hydroxyl groups excluding tert-OH is 1. The number of aryl methyl sites for hydroxylation is 1. The van der Waals surface area contributed by atoms with Crippen LogP contribution >= 0.6 is 0 Å². The molecule has 0 radical (unpaired) electrons. The van der Waals surface area contributed by atoms with Crippen LogP contribution in [-0.4, -0.2) is 29.7 Å². The zero-order valence-electron chi connectivity index (χ0n) is 22.7. The number of aliphatic hydroxyl groups is 1. The van der Waals surface area contributed by atoms with Crippen molar-refractivity contribution in [3.05, 3.63) is 89.6 Å². The fourth-order valence-corrected chi connectivity index (χ4v) is 4.47. The number of methoxy groups -OCH3 is 1. The molecule has 0 spiro atoms. The lowest BCUT2D eigenvalue weighted by molar-refractivity contribution is -0.120. The Balaban J connectivity index is 1.69.